The predicted molar refractivity (Wildman–Crippen MR) is 153 cm³/mol. The van der Waals surface area contributed by atoms with Crippen molar-refractivity contribution >= 4 is 34.4 Å². The van der Waals surface area contributed by atoms with Crippen LogP contribution in [0.3, 0.4) is 0 Å². The quantitative estimate of drug-likeness (QED) is 0.307. The molecule has 1 saturated heterocycles. The molecule has 0 radical (unpaired) electrons. The zero-order valence-electron chi connectivity index (χ0n) is 22.9. The first kappa shape index (κ1) is 28.3. The van der Waals surface area contributed by atoms with Gasteiger partial charge in [0.25, 0.3) is 0 Å². The van der Waals surface area contributed by atoms with E-state index in [0.29, 0.717) is 54.3 Å². The standard InChI is InChI=1S/C29H28ClF2N7O2/c1-5-7-23-26(17(4)33-15-34-23)39-28-20(13-21(30)25(35-28)19-12-18(31)8-9-22(19)32)27(36-29(39)41)38-11-10-37(14-16(38)3)24(40)6-2/h6,8-9,12-13,15-16H,2,5,7,10-11,14H2,1,3-4H3/t16-/m0/s1. The maximum Gasteiger partial charge on any atom is 0.355 e. The summed E-state index contributed by atoms with van der Waals surface area (Å²) in [5, 5.41) is 0.481. The maximum atomic E-state index is 14.9. The molecule has 3 aromatic heterocycles. The second-order valence-electron chi connectivity index (χ2n) is 9.90. The van der Waals surface area contributed by atoms with E-state index in [4.69, 9.17) is 11.6 Å². The second-order valence-corrected chi connectivity index (χ2v) is 10.3. The fourth-order valence-corrected chi connectivity index (χ4v) is 5.48. The Kier molecular flexibility index (Phi) is 7.81. The SMILES string of the molecule is C=CC(=O)N1CCN(c2nc(=O)n(-c3c(C)ncnc3CCC)c3nc(-c4cc(F)ccc4F)c(Cl)cc23)[C@@H](C)C1. The molecule has 4 heterocycles. The highest BCUT2D eigenvalue weighted by molar-refractivity contribution is 6.33. The third-order valence-electron chi connectivity index (χ3n) is 7.16. The molecule has 1 fully saturated rings. The van der Waals surface area contributed by atoms with Crippen molar-refractivity contribution in [2.24, 2.45) is 0 Å². The van der Waals surface area contributed by atoms with Gasteiger partial charge in [0.05, 0.1) is 33.2 Å². The van der Waals surface area contributed by atoms with Crippen LogP contribution >= 0.6 is 11.6 Å². The number of rotatable bonds is 6. The van der Waals surface area contributed by atoms with Gasteiger partial charge in [0.1, 0.15) is 23.8 Å². The lowest BCUT2D eigenvalue weighted by Gasteiger charge is -2.40. The van der Waals surface area contributed by atoms with Gasteiger partial charge in [0, 0.05) is 31.2 Å². The van der Waals surface area contributed by atoms with Crippen LogP contribution in [0.1, 0.15) is 31.7 Å². The van der Waals surface area contributed by atoms with E-state index in [9.17, 15) is 18.4 Å². The van der Waals surface area contributed by atoms with Crippen LogP contribution in [0, 0.1) is 18.6 Å². The van der Waals surface area contributed by atoms with Crippen LogP contribution in [0.4, 0.5) is 14.6 Å². The molecule has 0 unspecified atom stereocenters. The zero-order chi connectivity index (χ0) is 29.4. The Bertz CT molecular complexity index is 1740. The van der Waals surface area contributed by atoms with Crippen molar-refractivity contribution in [3.05, 3.63) is 81.8 Å². The number of benzene rings is 1. The molecular weight excluding hydrogens is 552 g/mol. The van der Waals surface area contributed by atoms with Crippen molar-refractivity contribution in [3.63, 3.8) is 0 Å². The summed E-state index contributed by atoms with van der Waals surface area (Å²) in [6.45, 7) is 10.4. The maximum absolute atomic E-state index is 14.9. The van der Waals surface area contributed by atoms with Gasteiger partial charge >= 0.3 is 5.69 Å². The number of anilines is 1. The second kappa shape index (κ2) is 11.3. The molecule has 1 aliphatic rings. The number of amides is 1. The number of hydrogen-bond acceptors (Lipinski definition) is 7. The number of halogens is 3. The number of aromatic nitrogens is 5. The number of carbonyl (C=O) groups is 1. The van der Waals surface area contributed by atoms with E-state index in [2.05, 4.69) is 26.5 Å². The van der Waals surface area contributed by atoms with E-state index in [-0.39, 0.29) is 33.9 Å². The highest BCUT2D eigenvalue weighted by Gasteiger charge is 2.30. The lowest BCUT2D eigenvalue weighted by Crippen LogP contribution is -2.54. The minimum atomic E-state index is -0.717. The number of fused-ring (bicyclic) bond motifs is 1. The Morgan fingerprint density at radius 1 is 1.20 bits per heavy atom. The van der Waals surface area contributed by atoms with E-state index >= 15 is 0 Å². The zero-order valence-corrected chi connectivity index (χ0v) is 23.6. The minimum Gasteiger partial charge on any atom is -0.350 e. The molecule has 0 spiro atoms. The fourth-order valence-electron chi connectivity index (χ4n) is 5.22. The summed E-state index contributed by atoms with van der Waals surface area (Å²) in [6.07, 6.45) is 4.02. The van der Waals surface area contributed by atoms with Gasteiger partial charge in [0.2, 0.25) is 5.91 Å². The van der Waals surface area contributed by atoms with Gasteiger partial charge in [-0.25, -0.2) is 33.1 Å². The molecule has 0 bridgehead atoms. The number of nitrogens with zero attached hydrogens (tertiary/aromatic N) is 7. The molecular formula is C29H28ClF2N7O2. The minimum absolute atomic E-state index is 0.0255. The first-order valence-corrected chi connectivity index (χ1v) is 13.6. The third kappa shape index (κ3) is 5.17. The monoisotopic (exact) mass is 579 g/mol. The van der Waals surface area contributed by atoms with Gasteiger partial charge in [-0.1, -0.05) is 31.5 Å². The molecule has 1 atom stereocenters. The van der Waals surface area contributed by atoms with Crippen LogP contribution in [-0.2, 0) is 11.2 Å². The van der Waals surface area contributed by atoms with E-state index in [0.717, 1.165) is 24.6 Å². The molecule has 9 nitrogen and oxygen atoms in total. The van der Waals surface area contributed by atoms with Crippen molar-refractivity contribution in [3.8, 4) is 16.9 Å². The summed E-state index contributed by atoms with van der Waals surface area (Å²) in [5.41, 5.74) is 0.921. The molecule has 212 valence electrons. The van der Waals surface area contributed by atoms with Gasteiger partial charge in [-0.05, 0) is 50.6 Å². The van der Waals surface area contributed by atoms with Crippen molar-refractivity contribution in [1.29, 1.82) is 0 Å². The van der Waals surface area contributed by atoms with Crippen molar-refractivity contribution in [2.45, 2.75) is 39.7 Å². The fraction of sp³-hybridized carbons (Fsp3) is 0.310. The average Bonchev–Trinajstić information content (AvgIpc) is 2.94. The van der Waals surface area contributed by atoms with E-state index in [1.807, 2.05) is 18.7 Å². The highest BCUT2D eigenvalue weighted by atomic mass is 35.5. The smallest absolute Gasteiger partial charge is 0.350 e. The Balaban J connectivity index is 1.81. The normalized spacial score (nSPS) is 15.4. The lowest BCUT2D eigenvalue weighted by molar-refractivity contribution is -0.126. The van der Waals surface area contributed by atoms with Crippen molar-refractivity contribution in [2.75, 3.05) is 24.5 Å². The Hall–Kier alpha value is -4.25. The van der Waals surface area contributed by atoms with Crippen LogP contribution in [0.2, 0.25) is 5.02 Å². The highest BCUT2D eigenvalue weighted by Crippen LogP contribution is 2.36. The molecule has 0 saturated carbocycles. The van der Waals surface area contributed by atoms with Crippen LogP contribution in [0.25, 0.3) is 28.0 Å². The first-order chi connectivity index (χ1) is 19.6. The van der Waals surface area contributed by atoms with Gasteiger partial charge in [-0.3, -0.25) is 4.79 Å². The molecule has 41 heavy (non-hydrogen) atoms. The molecule has 0 aliphatic carbocycles. The summed E-state index contributed by atoms with van der Waals surface area (Å²) < 4.78 is 30.4. The van der Waals surface area contributed by atoms with Crippen LogP contribution < -0.4 is 10.6 Å². The first-order valence-electron chi connectivity index (χ1n) is 13.2. The van der Waals surface area contributed by atoms with E-state index < -0.39 is 17.3 Å². The number of carbonyl (C=O) groups excluding carboxylic acids is 1. The van der Waals surface area contributed by atoms with Crippen LogP contribution in [-0.4, -0.2) is 61.0 Å². The predicted octanol–water partition coefficient (Wildman–Crippen LogP) is 4.65. The number of pyridine rings is 1. The number of aryl methyl sites for hydroxylation is 2. The van der Waals surface area contributed by atoms with Crippen molar-refractivity contribution in [1.82, 2.24) is 29.4 Å². The average molecular weight is 580 g/mol. The Labute approximate surface area is 240 Å². The molecule has 0 N–H and O–H groups in total. The molecule has 12 heteroatoms. The summed E-state index contributed by atoms with van der Waals surface area (Å²) in [5.74, 6) is -1.23. The molecule has 1 aromatic carbocycles. The van der Waals surface area contributed by atoms with Crippen LogP contribution in [0.15, 0.2) is 48.0 Å². The summed E-state index contributed by atoms with van der Waals surface area (Å²) >= 11 is 6.67. The molecule has 4 aromatic rings. The van der Waals surface area contributed by atoms with Gasteiger partial charge in [-0.15, -0.1) is 0 Å². The summed E-state index contributed by atoms with van der Waals surface area (Å²) in [7, 11) is 0. The van der Waals surface area contributed by atoms with E-state index in [1.54, 1.807) is 17.9 Å². The third-order valence-corrected chi connectivity index (χ3v) is 7.45. The van der Waals surface area contributed by atoms with Crippen molar-refractivity contribution < 1.29 is 13.6 Å². The Morgan fingerprint density at radius 3 is 2.68 bits per heavy atom. The molecule has 1 aliphatic heterocycles. The van der Waals surface area contributed by atoms with E-state index in [1.165, 1.54) is 17.0 Å². The van der Waals surface area contributed by atoms with Gasteiger partial charge in [0.15, 0.2) is 5.65 Å². The molecule has 1 amide bonds. The number of piperazine rings is 1. The van der Waals surface area contributed by atoms with Gasteiger partial charge in [-0.2, -0.15) is 4.98 Å². The summed E-state index contributed by atoms with van der Waals surface area (Å²) in [6, 6.07) is 4.37. The van der Waals surface area contributed by atoms with Gasteiger partial charge < -0.3 is 9.80 Å². The largest absolute Gasteiger partial charge is 0.355 e. The Morgan fingerprint density at radius 2 is 1.98 bits per heavy atom. The summed E-state index contributed by atoms with van der Waals surface area (Å²) in [4.78, 5) is 47.6. The van der Waals surface area contributed by atoms with Crippen LogP contribution in [0.5, 0.6) is 0 Å². The number of hydrogen-bond donors (Lipinski definition) is 0. The topological polar surface area (TPSA) is 97.1 Å². The molecule has 5 rings (SSSR count). The lowest BCUT2D eigenvalue weighted by atomic mass is 10.1.